The lowest BCUT2D eigenvalue weighted by Gasteiger charge is -2.31. The van der Waals surface area contributed by atoms with Gasteiger partial charge in [-0.25, -0.2) is 4.79 Å². The number of hydrogen-bond donors (Lipinski definition) is 2. The maximum absolute atomic E-state index is 12.3. The first-order valence-corrected chi connectivity index (χ1v) is 9.62. The van der Waals surface area contributed by atoms with Gasteiger partial charge in [-0.15, -0.1) is 0 Å². The molecule has 1 atom stereocenters. The molecule has 2 amide bonds. The standard InChI is InChI=1S/C20H31N3O3/c1-4-16-6-8-17(9-7-16)14-22(3)15-19(24)21-18-10-12-23(13-11-18)20(25)26-5-2/h6-9,18H,4-5,10-15H2,1-3H3,(H,21,24)/p+1. The lowest BCUT2D eigenvalue weighted by molar-refractivity contribution is -0.885. The maximum Gasteiger partial charge on any atom is 0.409 e. The number of hydrogen-bond acceptors (Lipinski definition) is 3. The molecule has 1 heterocycles. The normalized spacial score (nSPS) is 16.2. The number of likely N-dealkylation sites (N-methyl/N-ethyl adjacent to an activating group) is 1. The first-order chi connectivity index (χ1) is 12.5. The highest BCUT2D eigenvalue weighted by molar-refractivity contribution is 5.77. The average Bonchev–Trinajstić information content (AvgIpc) is 2.63. The quantitative estimate of drug-likeness (QED) is 0.761. The van der Waals surface area contributed by atoms with Crippen molar-refractivity contribution < 1.29 is 19.2 Å². The van der Waals surface area contributed by atoms with Crippen molar-refractivity contribution in [1.82, 2.24) is 10.2 Å². The van der Waals surface area contributed by atoms with Gasteiger partial charge in [0.1, 0.15) is 6.54 Å². The van der Waals surface area contributed by atoms with Crippen molar-refractivity contribution >= 4 is 12.0 Å². The third-order valence-corrected chi connectivity index (χ3v) is 4.79. The fourth-order valence-corrected chi connectivity index (χ4v) is 3.28. The number of quaternary nitrogens is 1. The molecule has 0 saturated carbocycles. The molecule has 0 radical (unpaired) electrons. The predicted octanol–water partition coefficient (Wildman–Crippen LogP) is 1.00. The summed E-state index contributed by atoms with van der Waals surface area (Å²) >= 11 is 0. The monoisotopic (exact) mass is 362 g/mol. The van der Waals surface area contributed by atoms with Gasteiger partial charge >= 0.3 is 6.09 Å². The molecule has 1 aliphatic rings. The van der Waals surface area contributed by atoms with E-state index in [-0.39, 0.29) is 18.0 Å². The number of nitrogens with zero attached hydrogens (tertiary/aromatic N) is 1. The van der Waals surface area contributed by atoms with E-state index in [4.69, 9.17) is 4.74 Å². The number of piperidine rings is 1. The highest BCUT2D eigenvalue weighted by Crippen LogP contribution is 2.11. The van der Waals surface area contributed by atoms with Crippen LogP contribution in [0.25, 0.3) is 0 Å². The highest BCUT2D eigenvalue weighted by atomic mass is 16.6. The summed E-state index contributed by atoms with van der Waals surface area (Å²) in [6.07, 6.45) is 2.35. The molecule has 0 aromatic heterocycles. The zero-order valence-electron chi connectivity index (χ0n) is 16.2. The minimum Gasteiger partial charge on any atom is -0.450 e. The van der Waals surface area contributed by atoms with Crippen LogP contribution in [0.5, 0.6) is 0 Å². The van der Waals surface area contributed by atoms with Crippen LogP contribution in [0.2, 0.25) is 0 Å². The summed E-state index contributed by atoms with van der Waals surface area (Å²) in [7, 11) is 2.04. The van der Waals surface area contributed by atoms with E-state index in [0.29, 0.717) is 26.2 Å². The van der Waals surface area contributed by atoms with E-state index in [1.807, 2.05) is 14.0 Å². The SMILES string of the molecule is CCOC(=O)N1CCC(NC(=O)C[NH+](C)Cc2ccc(CC)cc2)CC1. The summed E-state index contributed by atoms with van der Waals surface area (Å²) in [6, 6.07) is 8.74. The second-order valence-corrected chi connectivity index (χ2v) is 7.01. The summed E-state index contributed by atoms with van der Waals surface area (Å²) < 4.78 is 5.02. The van der Waals surface area contributed by atoms with Gasteiger partial charge in [0.2, 0.25) is 0 Å². The zero-order valence-corrected chi connectivity index (χ0v) is 16.2. The van der Waals surface area contributed by atoms with Gasteiger partial charge < -0.3 is 19.9 Å². The second kappa shape index (κ2) is 10.2. The smallest absolute Gasteiger partial charge is 0.409 e. The summed E-state index contributed by atoms with van der Waals surface area (Å²) in [5.41, 5.74) is 2.58. The highest BCUT2D eigenvalue weighted by Gasteiger charge is 2.25. The van der Waals surface area contributed by atoms with Crippen LogP contribution in [-0.2, 0) is 22.5 Å². The van der Waals surface area contributed by atoms with Gasteiger partial charge in [-0.3, -0.25) is 4.79 Å². The van der Waals surface area contributed by atoms with E-state index in [1.54, 1.807) is 4.90 Å². The Morgan fingerprint density at radius 2 is 1.77 bits per heavy atom. The Labute approximate surface area is 156 Å². The third-order valence-electron chi connectivity index (χ3n) is 4.79. The van der Waals surface area contributed by atoms with Crippen LogP contribution >= 0.6 is 0 Å². The van der Waals surface area contributed by atoms with Crippen LogP contribution in [-0.4, -0.2) is 56.2 Å². The summed E-state index contributed by atoms with van der Waals surface area (Å²) in [5, 5.41) is 3.11. The predicted molar refractivity (Wildman–Crippen MR) is 101 cm³/mol. The molecule has 1 fully saturated rings. The molecule has 2 rings (SSSR count). The number of carbonyl (C=O) groups excluding carboxylic acids is 2. The van der Waals surface area contributed by atoms with Crippen LogP contribution in [0.1, 0.15) is 37.8 Å². The zero-order chi connectivity index (χ0) is 18.9. The van der Waals surface area contributed by atoms with E-state index < -0.39 is 0 Å². The van der Waals surface area contributed by atoms with Crippen LogP contribution in [0.15, 0.2) is 24.3 Å². The Morgan fingerprint density at radius 1 is 1.15 bits per heavy atom. The fraction of sp³-hybridized carbons (Fsp3) is 0.600. The Balaban J connectivity index is 1.70. The number of nitrogens with one attached hydrogen (secondary N) is 2. The Hall–Kier alpha value is -2.08. The molecule has 1 saturated heterocycles. The van der Waals surface area contributed by atoms with Crippen molar-refractivity contribution in [3.05, 3.63) is 35.4 Å². The van der Waals surface area contributed by atoms with E-state index in [1.165, 1.54) is 11.1 Å². The number of ether oxygens (including phenoxy) is 1. The lowest BCUT2D eigenvalue weighted by Crippen LogP contribution is -3.09. The molecule has 1 aliphatic heterocycles. The fourth-order valence-electron chi connectivity index (χ4n) is 3.28. The van der Waals surface area contributed by atoms with Crippen molar-refractivity contribution in [2.24, 2.45) is 0 Å². The molecule has 1 unspecified atom stereocenters. The Bertz CT molecular complexity index is 580. The topological polar surface area (TPSA) is 63.1 Å². The largest absolute Gasteiger partial charge is 0.450 e. The van der Waals surface area contributed by atoms with E-state index in [0.717, 1.165) is 30.7 Å². The van der Waals surface area contributed by atoms with Gasteiger partial charge in [-0.2, -0.15) is 0 Å². The maximum atomic E-state index is 12.3. The Kier molecular flexibility index (Phi) is 7.91. The van der Waals surface area contributed by atoms with Gasteiger partial charge in [-0.05, 0) is 31.7 Å². The molecule has 0 spiro atoms. The summed E-state index contributed by atoms with van der Waals surface area (Å²) in [6.45, 7) is 6.90. The molecule has 144 valence electrons. The number of aryl methyl sites for hydroxylation is 1. The van der Waals surface area contributed by atoms with E-state index in [9.17, 15) is 9.59 Å². The minimum atomic E-state index is -0.254. The van der Waals surface area contributed by atoms with E-state index >= 15 is 0 Å². The molecule has 0 aliphatic carbocycles. The van der Waals surface area contributed by atoms with Crippen LogP contribution in [0.3, 0.4) is 0 Å². The minimum absolute atomic E-state index is 0.0715. The molecule has 0 bridgehead atoms. The van der Waals surface area contributed by atoms with Gasteiger partial charge in [-0.1, -0.05) is 31.2 Å². The van der Waals surface area contributed by atoms with Gasteiger partial charge in [0.25, 0.3) is 5.91 Å². The molecule has 1 aromatic rings. The van der Waals surface area contributed by atoms with Gasteiger partial charge in [0, 0.05) is 24.7 Å². The number of amides is 2. The third kappa shape index (κ3) is 6.33. The first kappa shape index (κ1) is 20.2. The van der Waals surface area contributed by atoms with E-state index in [2.05, 4.69) is 36.5 Å². The first-order valence-electron chi connectivity index (χ1n) is 9.62. The average molecular weight is 362 g/mol. The Morgan fingerprint density at radius 3 is 2.35 bits per heavy atom. The lowest BCUT2D eigenvalue weighted by atomic mass is 10.1. The summed E-state index contributed by atoms with van der Waals surface area (Å²) in [5.74, 6) is 0.0715. The van der Waals surface area contributed by atoms with Crippen LogP contribution < -0.4 is 10.2 Å². The molecule has 26 heavy (non-hydrogen) atoms. The van der Waals surface area contributed by atoms with Gasteiger partial charge in [0.15, 0.2) is 6.54 Å². The number of benzene rings is 1. The molecule has 6 heteroatoms. The number of rotatable bonds is 7. The molecule has 6 nitrogen and oxygen atoms in total. The second-order valence-electron chi connectivity index (χ2n) is 7.01. The molecular weight excluding hydrogens is 330 g/mol. The van der Waals surface area contributed by atoms with Crippen molar-refractivity contribution in [3.63, 3.8) is 0 Å². The molecular formula is C20H32N3O3+. The van der Waals surface area contributed by atoms with Crippen molar-refractivity contribution in [2.45, 2.75) is 45.7 Å². The van der Waals surface area contributed by atoms with Crippen molar-refractivity contribution in [1.29, 1.82) is 0 Å². The van der Waals surface area contributed by atoms with Crippen molar-refractivity contribution in [3.8, 4) is 0 Å². The van der Waals surface area contributed by atoms with Crippen LogP contribution in [0, 0.1) is 0 Å². The molecule has 2 N–H and O–H groups in total. The molecule has 1 aromatic carbocycles. The summed E-state index contributed by atoms with van der Waals surface area (Å²) in [4.78, 5) is 26.9. The van der Waals surface area contributed by atoms with Gasteiger partial charge in [0.05, 0.1) is 13.7 Å². The van der Waals surface area contributed by atoms with Crippen molar-refractivity contribution in [2.75, 3.05) is 33.3 Å². The van der Waals surface area contributed by atoms with Crippen LogP contribution in [0.4, 0.5) is 4.79 Å². The number of carbonyl (C=O) groups is 2. The number of likely N-dealkylation sites (tertiary alicyclic amines) is 1.